The summed E-state index contributed by atoms with van der Waals surface area (Å²) in [6, 6.07) is 0.573. The Morgan fingerprint density at radius 3 is 2.33 bits per heavy atom. The third-order valence-corrected chi connectivity index (χ3v) is 4.89. The largest absolute Gasteiger partial charge is 0.323 e. The Bertz CT molecular complexity index is 315. The first-order valence-electron chi connectivity index (χ1n) is 7.06. The van der Waals surface area contributed by atoms with Crippen LogP contribution in [-0.2, 0) is 4.79 Å². The van der Waals surface area contributed by atoms with Crippen molar-refractivity contribution in [3.63, 3.8) is 0 Å². The zero-order chi connectivity index (χ0) is 13.1. The Morgan fingerprint density at radius 2 is 1.83 bits per heavy atom. The SMILES string of the molecule is CC1CC(N(C(=O)Cl)C2CCCC2)CCC1C=O. The minimum atomic E-state index is -0.302. The molecule has 18 heavy (non-hydrogen) atoms. The van der Waals surface area contributed by atoms with Crippen LogP contribution in [0.1, 0.15) is 51.9 Å². The third-order valence-electron chi connectivity index (χ3n) is 4.70. The summed E-state index contributed by atoms with van der Waals surface area (Å²) in [5, 5.41) is -0.302. The first-order chi connectivity index (χ1) is 8.63. The molecular formula is C14H22ClNO2. The Labute approximate surface area is 114 Å². The number of nitrogens with zero attached hydrogens (tertiary/aromatic N) is 1. The molecule has 102 valence electrons. The standard InChI is InChI=1S/C14H22ClNO2/c1-10-8-13(7-6-11(10)9-17)16(14(15)18)12-4-2-3-5-12/h9-13H,2-8H2,1H3. The van der Waals surface area contributed by atoms with E-state index in [1.807, 2.05) is 4.90 Å². The molecule has 0 aromatic carbocycles. The molecule has 2 saturated carbocycles. The van der Waals surface area contributed by atoms with Gasteiger partial charge in [0.2, 0.25) is 0 Å². The van der Waals surface area contributed by atoms with E-state index in [-0.39, 0.29) is 17.3 Å². The van der Waals surface area contributed by atoms with Crippen molar-refractivity contribution >= 4 is 23.3 Å². The smallest absolute Gasteiger partial charge is 0.316 e. The highest BCUT2D eigenvalue weighted by atomic mass is 35.5. The fourth-order valence-electron chi connectivity index (χ4n) is 3.61. The van der Waals surface area contributed by atoms with E-state index in [9.17, 15) is 9.59 Å². The van der Waals surface area contributed by atoms with Crippen LogP contribution in [0.25, 0.3) is 0 Å². The monoisotopic (exact) mass is 271 g/mol. The second-order valence-electron chi connectivity index (χ2n) is 5.84. The molecule has 1 amide bonds. The van der Waals surface area contributed by atoms with Gasteiger partial charge in [-0.05, 0) is 49.6 Å². The van der Waals surface area contributed by atoms with Crippen LogP contribution in [0.15, 0.2) is 0 Å². The number of hydrogen-bond acceptors (Lipinski definition) is 2. The number of carbonyl (C=O) groups is 2. The zero-order valence-electron chi connectivity index (χ0n) is 11.0. The van der Waals surface area contributed by atoms with Gasteiger partial charge in [0.1, 0.15) is 6.29 Å². The van der Waals surface area contributed by atoms with Crippen LogP contribution in [-0.4, -0.2) is 28.6 Å². The van der Waals surface area contributed by atoms with Gasteiger partial charge in [0.25, 0.3) is 0 Å². The number of carbonyl (C=O) groups excluding carboxylic acids is 2. The average molecular weight is 272 g/mol. The lowest BCUT2D eigenvalue weighted by molar-refractivity contribution is -0.113. The van der Waals surface area contributed by atoms with Gasteiger partial charge in [-0.15, -0.1) is 0 Å². The third kappa shape index (κ3) is 2.87. The molecule has 3 nitrogen and oxygen atoms in total. The van der Waals surface area contributed by atoms with Crippen molar-refractivity contribution in [2.24, 2.45) is 11.8 Å². The van der Waals surface area contributed by atoms with Gasteiger partial charge in [-0.25, -0.2) is 0 Å². The molecule has 2 rings (SSSR count). The van der Waals surface area contributed by atoms with Crippen molar-refractivity contribution in [3.8, 4) is 0 Å². The van der Waals surface area contributed by atoms with Gasteiger partial charge < -0.3 is 9.69 Å². The van der Waals surface area contributed by atoms with Gasteiger partial charge in [0, 0.05) is 18.0 Å². The van der Waals surface area contributed by atoms with E-state index in [0.717, 1.165) is 38.4 Å². The van der Waals surface area contributed by atoms with Gasteiger partial charge in [-0.3, -0.25) is 4.79 Å². The molecule has 4 heteroatoms. The van der Waals surface area contributed by atoms with E-state index in [1.54, 1.807) is 0 Å². The van der Waals surface area contributed by atoms with Crippen LogP contribution < -0.4 is 0 Å². The summed E-state index contributed by atoms with van der Waals surface area (Å²) in [7, 11) is 0. The van der Waals surface area contributed by atoms with Crippen LogP contribution in [0.3, 0.4) is 0 Å². The summed E-state index contributed by atoms with van der Waals surface area (Å²) in [4.78, 5) is 24.5. The minimum Gasteiger partial charge on any atom is -0.323 e. The molecule has 2 aliphatic carbocycles. The van der Waals surface area contributed by atoms with Crippen LogP contribution in [0, 0.1) is 11.8 Å². The number of aldehydes is 1. The predicted octanol–water partition coefficient (Wildman–Crippen LogP) is 3.59. The maximum atomic E-state index is 11.7. The van der Waals surface area contributed by atoms with Gasteiger partial charge >= 0.3 is 5.37 Å². The summed E-state index contributed by atoms with van der Waals surface area (Å²) in [5.41, 5.74) is 0. The summed E-state index contributed by atoms with van der Waals surface area (Å²) >= 11 is 5.79. The van der Waals surface area contributed by atoms with Gasteiger partial charge in [0.15, 0.2) is 0 Å². The Morgan fingerprint density at radius 1 is 1.17 bits per heavy atom. The fourth-order valence-corrected chi connectivity index (χ4v) is 3.89. The molecule has 2 fully saturated rings. The molecule has 0 saturated heterocycles. The first-order valence-corrected chi connectivity index (χ1v) is 7.44. The number of hydrogen-bond donors (Lipinski definition) is 0. The maximum Gasteiger partial charge on any atom is 0.316 e. The van der Waals surface area contributed by atoms with Crippen LogP contribution in [0.5, 0.6) is 0 Å². The molecule has 0 aromatic rings. The molecule has 3 atom stereocenters. The van der Waals surface area contributed by atoms with Gasteiger partial charge in [-0.1, -0.05) is 19.8 Å². The van der Waals surface area contributed by atoms with Crippen molar-refractivity contribution in [3.05, 3.63) is 0 Å². The quantitative estimate of drug-likeness (QED) is 0.447. The van der Waals surface area contributed by atoms with Crippen LogP contribution >= 0.6 is 11.6 Å². The lowest BCUT2D eigenvalue weighted by Gasteiger charge is -2.40. The van der Waals surface area contributed by atoms with Crippen molar-refractivity contribution in [2.45, 2.75) is 64.0 Å². The van der Waals surface area contributed by atoms with E-state index in [4.69, 9.17) is 11.6 Å². The molecule has 0 radical (unpaired) electrons. The molecule has 0 heterocycles. The average Bonchev–Trinajstić information content (AvgIpc) is 2.82. The van der Waals surface area contributed by atoms with E-state index >= 15 is 0 Å². The van der Waals surface area contributed by atoms with E-state index in [1.165, 1.54) is 12.8 Å². The van der Waals surface area contributed by atoms with E-state index in [0.29, 0.717) is 12.0 Å². The Kier molecular flexibility index (Phi) is 4.66. The molecule has 0 spiro atoms. The minimum absolute atomic E-state index is 0.164. The normalized spacial score (nSPS) is 33.3. The second kappa shape index (κ2) is 6.05. The predicted molar refractivity (Wildman–Crippen MR) is 71.7 cm³/mol. The number of amides is 1. The van der Waals surface area contributed by atoms with E-state index < -0.39 is 0 Å². The molecule has 3 unspecified atom stereocenters. The first kappa shape index (κ1) is 13.9. The zero-order valence-corrected chi connectivity index (χ0v) is 11.7. The summed E-state index contributed by atoms with van der Waals surface area (Å²) < 4.78 is 0. The fraction of sp³-hybridized carbons (Fsp3) is 0.857. The summed E-state index contributed by atoms with van der Waals surface area (Å²) in [6.45, 7) is 2.11. The highest BCUT2D eigenvalue weighted by Crippen LogP contribution is 2.35. The molecule has 0 aliphatic heterocycles. The number of rotatable bonds is 3. The van der Waals surface area contributed by atoms with Crippen LogP contribution in [0.2, 0.25) is 0 Å². The summed E-state index contributed by atoms with van der Waals surface area (Å²) in [6.07, 6.45) is 8.36. The molecule has 0 aromatic heterocycles. The Balaban J connectivity index is 2.03. The molecule has 0 bridgehead atoms. The Hall–Kier alpha value is -0.570. The topological polar surface area (TPSA) is 37.4 Å². The lowest BCUT2D eigenvalue weighted by atomic mass is 9.78. The second-order valence-corrected chi connectivity index (χ2v) is 6.17. The molecule has 0 N–H and O–H groups in total. The number of halogens is 1. The maximum absolute atomic E-state index is 11.7. The van der Waals surface area contributed by atoms with Crippen LogP contribution in [0.4, 0.5) is 4.79 Å². The van der Waals surface area contributed by atoms with Crippen molar-refractivity contribution in [2.75, 3.05) is 0 Å². The van der Waals surface area contributed by atoms with Crippen molar-refractivity contribution in [1.29, 1.82) is 0 Å². The van der Waals surface area contributed by atoms with Crippen molar-refractivity contribution < 1.29 is 9.59 Å². The highest BCUT2D eigenvalue weighted by Gasteiger charge is 2.36. The van der Waals surface area contributed by atoms with Gasteiger partial charge in [-0.2, -0.15) is 0 Å². The summed E-state index contributed by atoms with van der Waals surface area (Å²) in [5.74, 6) is 0.526. The highest BCUT2D eigenvalue weighted by molar-refractivity contribution is 6.62. The molecular weight excluding hydrogens is 250 g/mol. The lowest BCUT2D eigenvalue weighted by Crippen LogP contribution is -2.47. The van der Waals surface area contributed by atoms with Crippen molar-refractivity contribution in [1.82, 2.24) is 4.90 Å². The van der Waals surface area contributed by atoms with E-state index in [2.05, 4.69) is 6.92 Å². The molecule has 2 aliphatic rings. The van der Waals surface area contributed by atoms with Gasteiger partial charge in [0.05, 0.1) is 0 Å².